The fourth-order valence-electron chi connectivity index (χ4n) is 2.00. The Kier molecular flexibility index (Phi) is 2.56. The Hall–Kier alpha value is -2.63. The molecule has 6 heteroatoms. The predicted molar refractivity (Wildman–Crippen MR) is 68.6 cm³/mol. The molecule has 3 aromatic rings. The van der Waals surface area contributed by atoms with Crippen LogP contribution >= 0.6 is 0 Å². The van der Waals surface area contributed by atoms with E-state index in [1.807, 2.05) is 6.92 Å². The number of benzene rings is 1. The van der Waals surface area contributed by atoms with Crippen molar-refractivity contribution in [2.24, 2.45) is 0 Å². The molecular formula is C13H11FN4O. The monoisotopic (exact) mass is 258 g/mol. The maximum absolute atomic E-state index is 13.3. The molecule has 0 aliphatic rings. The normalized spacial score (nSPS) is 10.8. The van der Waals surface area contributed by atoms with Gasteiger partial charge in [-0.15, -0.1) is 0 Å². The highest BCUT2D eigenvalue weighted by Gasteiger charge is 2.19. The maximum Gasteiger partial charge on any atom is 0.230 e. The Balaban J connectivity index is 2.22. The standard InChI is InChI=1S/C13H11FN4O/c1-7-10(6-16-17-7)12-11(13(15)19-18-12)8-3-2-4-9(14)5-8/h2-6H,15H2,1H3,(H,16,17). The van der Waals surface area contributed by atoms with Gasteiger partial charge in [-0.25, -0.2) is 4.39 Å². The molecule has 5 nitrogen and oxygen atoms in total. The second-order valence-electron chi connectivity index (χ2n) is 4.19. The van der Waals surface area contributed by atoms with E-state index in [4.69, 9.17) is 10.3 Å². The van der Waals surface area contributed by atoms with E-state index >= 15 is 0 Å². The van der Waals surface area contributed by atoms with Gasteiger partial charge in [-0.3, -0.25) is 5.10 Å². The van der Waals surface area contributed by atoms with Gasteiger partial charge in [0.1, 0.15) is 11.5 Å². The van der Waals surface area contributed by atoms with Gasteiger partial charge in [0.05, 0.1) is 11.8 Å². The van der Waals surface area contributed by atoms with Gasteiger partial charge in [0.25, 0.3) is 0 Å². The Labute approximate surface area is 108 Å². The summed E-state index contributed by atoms with van der Waals surface area (Å²) in [6.45, 7) is 1.86. The molecule has 0 unspecified atom stereocenters. The van der Waals surface area contributed by atoms with Crippen molar-refractivity contribution in [3.63, 3.8) is 0 Å². The average Bonchev–Trinajstić information content (AvgIpc) is 2.95. The van der Waals surface area contributed by atoms with Gasteiger partial charge >= 0.3 is 0 Å². The van der Waals surface area contributed by atoms with Gasteiger partial charge in [-0.1, -0.05) is 17.3 Å². The second-order valence-corrected chi connectivity index (χ2v) is 4.19. The van der Waals surface area contributed by atoms with Crippen molar-refractivity contribution in [3.8, 4) is 22.4 Å². The number of nitrogens with one attached hydrogen (secondary N) is 1. The summed E-state index contributed by atoms with van der Waals surface area (Å²) < 4.78 is 18.4. The highest BCUT2D eigenvalue weighted by Crippen LogP contribution is 2.36. The lowest BCUT2D eigenvalue weighted by molar-refractivity contribution is 0.439. The summed E-state index contributed by atoms with van der Waals surface area (Å²) in [7, 11) is 0. The van der Waals surface area contributed by atoms with Crippen LogP contribution in [0.15, 0.2) is 35.0 Å². The zero-order valence-electron chi connectivity index (χ0n) is 10.1. The topological polar surface area (TPSA) is 80.7 Å². The van der Waals surface area contributed by atoms with Crippen LogP contribution in [0.4, 0.5) is 10.3 Å². The van der Waals surface area contributed by atoms with E-state index in [0.717, 1.165) is 11.3 Å². The Morgan fingerprint density at radius 1 is 1.37 bits per heavy atom. The number of anilines is 1. The Bertz CT molecular complexity index is 732. The van der Waals surface area contributed by atoms with Crippen LogP contribution in [0.3, 0.4) is 0 Å². The van der Waals surface area contributed by atoms with Crippen molar-refractivity contribution in [2.75, 3.05) is 5.73 Å². The summed E-state index contributed by atoms with van der Waals surface area (Å²) in [5.41, 5.74) is 9.16. The number of nitrogen functional groups attached to an aromatic ring is 1. The van der Waals surface area contributed by atoms with Gasteiger partial charge in [0.2, 0.25) is 5.88 Å². The first kappa shape index (κ1) is 11.5. The molecule has 0 saturated heterocycles. The first-order valence-corrected chi connectivity index (χ1v) is 5.68. The number of aromatic amines is 1. The van der Waals surface area contributed by atoms with Crippen LogP contribution in [0, 0.1) is 12.7 Å². The van der Waals surface area contributed by atoms with E-state index in [9.17, 15) is 4.39 Å². The third kappa shape index (κ3) is 1.87. The molecule has 3 N–H and O–H groups in total. The number of nitrogens with two attached hydrogens (primary N) is 1. The average molecular weight is 258 g/mol. The molecule has 96 valence electrons. The minimum Gasteiger partial charge on any atom is -0.367 e. The lowest BCUT2D eigenvalue weighted by atomic mass is 10.0. The quantitative estimate of drug-likeness (QED) is 0.740. The summed E-state index contributed by atoms with van der Waals surface area (Å²) in [5, 5.41) is 10.7. The van der Waals surface area contributed by atoms with Gasteiger partial charge in [0.15, 0.2) is 0 Å². The molecule has 1 aromatic carbocycles. The van der Waals surface area contributed by atoms with Crippen LogP contribution in [0.25, 0.3) is 22.4 Å². The molecule has 0 aliphatic carbocycles. The SMILES string of the molecule is Cc1[nH]ncc1-c1noc(N)c1-c1cccc(F)c1. The van der Waals surface area contributed by atoms with Gasteiger partial charge in [-0.05, 0) is 24.6 Å². The van der Waals surface area contributed by atoms with Crippen LogP contribution in [0.5, 0.6) is 0 Å². The van der Waals surface area contributed by atoms with Crippen molar-refractivity contribution in [2.45, 2.75) is 6.92 Å². The highest BCUT2D eigenvalue weighted by molar-refractivity contribution is 5.87. The van der Waals surface area contributed by atoms with E-state index in [2.05, 4.69) is 15.4 Å². The predicted octanol–water partition coefficient (Wildman–Crippen LogP) is 2.76. The van der Waals surface area contributed by atoms with E-state index in [1.165, 1.54) is 12.1 Å². The number of hydrogen-bond acceptors (Lipinski definition) is 4. The van der Waals surface area contributed by atoms with E-state index in [1.54, 1.807) is 18.3 Å². The maximum atomic E-state index is 13.3. The van der Waals surface area contributed by atoms with Crippen LogP contribution in [-0.4, -0.2) is 15.4 Å². The molecular weight excluding hydrogens is 247 g/mol. The minimum atomic E-state index is -0.340. The minimum absolute atomic E-state index is 0.154. The van der Waals surface area contributed by atoms with Crippen molar-refractivity contribution in [3.05, 3.63) is 42.0 Å². The van der Waals surface area contributed by atoms with Crippen LogP contribution < -0.4 is 5.73 Å². The third-order valence-corrected chi connectivity index (χ3v) is 2.92. The van der Waals surface area contributed by atoms with Crippen LogP contribution in [0.1, 0.15) is 5.69 Å². The molecule has 2 heterocycles. The number of hydrogen-bond donors (Lipinski definition) is 2. The van der Waals surface area contributed by atoms with Crippen molar-refractivity contribution in [1.29, 1.82) is 0 Å². The summed E-state index contributed by atoms with van der Waals surface area (Å²) in [6.07, 6.45) is 1.63. The first-order chi connectivity index (χ1) is 9.16. The van der Waals surface area contributed by atoms with E-state index in [0.29, 0.717) is 16.8 Å². The molecule has 0 spiro atoms. The summed E-state index contributed by atoms with van der Waals surface area (Å²) >= 11 is 0. The molecule has 3 rings (SSSR count). The molecule has 0 bridgehead atoms. The smallest absolute Gasteiger partial charge is 0.230 e. The third-order valence-electron chi connectivity index (χ3n) is 2.92. The Morgan fingerprint density at radius 2 is 2.21 bits per heavy atom. The Morgan fingerprint density at radius 3 is 2.89 bits per heavy atom. The lowest BCUT2D eigenvalue weighted by Gasteiger charge is -2.02. The van der Waals surface area contributed by atoms with Gasteiger partial charge < -0.3 is 10.3 Å². The van der Waals surface area contributed by atoms with Crippen molar-refractivity contribution in [1.82, 2.24) is 15.4 Å². The van der Waals surface area contributed by atoms with Crippen molar-refractivity contribution < 1.29 is 8.91 Å². The first-order valence-electron chi connectivity index (χ1n) is 5.68. The number of aromatic nitrogens is 3. The van der Waals surface area contributed by atoms with Crippen LogP contribution in [0.2, 0.25) is 0 Å². The highest BCUT2D eigenvalue weighted by atomic mass is 19.1. The molecule has 0 saturated carbocycles. The fourth-order valence-corrected chi connectivity index (χ4v) is 2.00. The molecule has 0 radical (unpaired) electrons. The zero-order chi connectivity index (χ0) is 13.4. The number of nitrogens with zero attached hydrogens (tertiary/aromatic N) is 2. The number of halogens is 1. The van der Waals surface area contributed by atoms with Gasteiger partial charge in [-0.2, -0.15) is 5.10 Å². The van der Waals surface area contributed by atoms with Crippen molar-refractivity contribution >= 4 is 5.88 Å². The van der Waals surface area contributed by atoms with E-state index < -0.39 is 0 Å². The largest absolute Gasteiger partial charge is 0.367 e. The fraction of sp³-hybridized carbons (Fsp3) is 0.0769. The molecule has 0 atom stereocenters. The number of aryl methyl sites for hydroxylation is 1. The molecule has 19 heavy (non-hydrogen) atoms. The molecule has 0 aliphatic heterocycles. The second kappa shape index (κ2) is 4.24. The van der Waals surface area contributed by atoms with Crippen LogP contribution in [-0.2, 0) is 0 Å². The summed E-state index contributed by atoms with van der Waals surface area (Å²) in [6, 6.07) is 6.13. The zero-order valence-corrected chi connectivity index (χ0v) is 10.1. The van der Waals surface area contributed by atoms with E-state index in [-0.39, 0.29) is 11.7 Å². The molecule has 2 aromatic heterocycles. The summed E-state index contributed by atoms with van der Waals surface area (Å²) in [4.78, 5) is 0. The molecule has 0 fully saturated rings. The molecule has 0 amide bonds. The summed E-state index contributed by atoms with van der Waals surface area (Å²) in [5.74, 6) is -0.186. The number of rotatable bonds is 2. The number of H-pyrrole nitrogens is 1. The van der Waals surface area contributed by atoms with Gasteiger partial charge in [0, 0.05) is 11.3 Å². The lowest BCUT2D eigenvalue weighted by Crippen LogP contribution is -1.89.